The molecule has 1 aliphatic carbocycles. The molecular weight excluding hydrogens is 330 g/mol. The average Bonchev–Trinajstić information content (AvgIpc) is 2.89. The van der Waals surface area contributed by atoms with E-state index in [2.05, 4.69) is 24.1 Å². The van der Waals surface area contributed by atoms with E-state index in [-0.39, 0.29) is 42.5 Å². The van der Waals surface area contributed by atoms with Crippen LogP contribution in [0.15, 0.2) is 0 Å². The number of imide groups is 1. The number of nitrogens with zero attached hydrogens (tertiary/aromatic N) is 2. The molecule has 26 heavy (non-hydrogen) atoms. The molecule has 4 unspecified atom stereocenters. The van der Waals surface area contributed by atoms with Crippen molar-refractivity contribution >= 4 is 17.7 Å². The van der Waals surface area contributed by atoms with E-state index in [0.29, 0.717) is 12.6 Å². The van der Waals surface area contributed by atoms with Crippen LogP contribution in [0.5, 0.6) is 0 Å². The maximum Gasteiger partial charge on any atom is 0.233 e. The molecule has 0 radical (unpaired) electrons. The Morgan fingerprint density at radius 2 is 1.77 bits per heavy atom. The van der Waals surface area contributed by atoms with Gasteiger partial charge in [0.1, 0.15) is 0 Å². The SMILES string of the molecule is CC1CCCN(C(C)CNC(=O)CCN2C(=O)C3CCCCC3C2=O)C1. The molecule has 3 fully saturated rings. The Kier molecular flexibility index (Phi) is 6.33. The summed E-state index contributed by atoms with van der Waals surface area (Å²) < 4.78 is 0. The van der Waals surface area contributed by atoms with Crippen molar-refractivity contribution in [3.8, 4) is 0 Å². The van der Waals surface area contributed by atoms with Gasteiger partial charge in [-0.3, -0.25) is 24.2 Å². The van der Waals surface area contributed by atoms with Crippen molar-refractivity contribution in [3.63, 3.8) is 0 Å². The zero-order chi connectivity index (χ0) is 18.7. The summed E-state index contributed by atoms with van der Waals surface area (Å²) in [7, 11) is 0. The molecule has 2 saturated heterocycles. The third-order valence-electron chi connectivity index (χ3n) is 6.40. The van der Waals surface area contributed by atoms with Gasteiger partial charge in [0.25, 0.3) is 0 Å². The fraction of sp³-hybridized carbons (Fsp3) is 0.850. The molecule has 0 bridgehead atoms. The largest absolute Gasteiger partial charge is 0.354 e. The highest BCUT2D eigenvalue weighted by Crippen LogP contribution is 2.37. The summed E-state index contributed by atoms with van der Waals surface area (Å²) in [5.41, 5.74) is 0. The Hall–Kier alpha value is -1.43. The van der Waals surface area contributed by atoms with Crippen LogP contribution in [0.2, 0.25) is 0 Å². The number of rotatable bonds is 6. The highest BCUT2D eigenvalue weighted by molar-refractivity contribution is 6.05. The fourth-order valence-corrected chi connectivity index (χ4v) is 4.77. The summed E-state index contributed by atoms with van der Waals surface area (Å²) in [6.07, 6.45) is 6.42. The highest BCUT2D eigenvalue weighted by atomic mass is 16.2. The van der Waals surface area contributed by atoms with Gasteiger partial charge in [0.05, 0.1) is 11.8 Å². The van der Waals surface area contributed by atoms with Crippen LogP contribution in [-0.4, -0.2) is 59.7 Å². The molecule has 3 amide bonds. The number of carbonyl (C=O) groups is 3. The fourth-order valence-electron chi connectivity index (χ4n) is 4.77. The van der Waals surface area contributed by atoms with E-state index in [4.69, 9.17) is 0 Å². The maximum atomic E-state index is 12.4. The van der Waals surface area contributed by atoms with E-state index < -0.39 is 0 Å². The van der Waals surface area contributed by atoms with Gasteiger partial charge >= 0.3 is 0 Å². The molecular formula is C20H33N3O3. The molecule has 2 aliphatic heterocycles. The second-order valence-corrected chi connectivity index (χ2v) is 8.47. The number of piperidine rings is 1. The molecule has 6 nitrogen and oxygen atoms in total. The van der Waals surface area contributed by atoms with Gasteiger partial charge < -0.3 is 5.32 Å². The number of likely N-dealkylation sites (tertiary alicyclic amines) is 2. The zero-order valence-electron chi connectivity index (χ0n) is 16.2. The second kappa shape index (κ2) is 8.51. The number of hydrogen-bond donors (Lipinski definition) is 1. The summed E-state index contributed by atoms with van der Waals surface area (Å²) in [4.78, 5) is 40.8. The van der Waals surface area contributed by atoms with Gasteiger partial charge in [-0.25, -0.2) is 0 Å². The minimum absolute atomic E-state index is 0.0526. The van der Waals surface area contributed by atoms with E-state index in [9.17, 15) is 14.4 Å². The van der Waals surface area contributed by atoms with Crippen molar-refractivity contribution < 1.29 is 14.4 Å². The van der Waals surface area contributed by atoms with Crippen molar-refractivity contribution in [2.45, 2.75) is 64.8 Å². The predicted molar refractivity (Wildman–Crippen MR) is 99.2 cm³/mol. The Morgan fingerprint density at radius 3 is 2.38 bits per heavy atom. The van der Waals surface area contributed by atoms with Crippen molar-refractivity contribution in [1.29, 1.82) is 0 Å². The van der Waals surface area contributed by atoms with Crippen molar-refractivity contribution in [1.82, 2.24) is 15.1 Å². The summed E-state index contributed by atoms with van der Waals surface area (Å²) in [6.45, 7) is 7.47. The van der Waals surface area contributed by atoms with Crippen LogP contribution in [-0.2, 0) is 14.4 Å². The van der Waals surface area contributed by atoms with Crippen molar-refractivity contribution in [2.75, 3.05) is 26.2 Å². The molecule has 3 aliphatic rings. The quantitative estimate of drug-likeness (QED) is 0.731. The Bertz CT molecular complexity index is 526. The van der Waals surface area contributed by atoms with Crippen LogP contribution in [0.3, 0.4) is 0 Å². The molecule has 0 spiro atoms. The van der Waals surface area contributed by atoms with Crippen LogP contribution in [0, 0.1) is 17.8 Å². The summed E-state index contributed by atoms with van der Waals surface area (Å²) in [6, 6.07) is 0.319. The lowest BCUT2D eigenvalue weighted by molar-refractivity contribution is -0.140. The Labute approximate surface area is 156 Å². The van der Waals surface area contributed by atoms with Crippen LogP contribution in [0.1, 0.15) is 58.8 Å². The minimum atomic E-state index is -0.125. The third-order valence-corrected chi connectivity index (χ3v) is 6.40. The predicted octanol–water partition coefficient (Wildman–Crippen LogP) is 1.79. The first-order valence-electron chi connectivity index (χ1n) is 10.3. The average molecular weight is 364 g/mol. The summed E-state index contributed by atoms with van der Waals surface area (Å²) >= 11 is 0. The van der Waals surface area contributed by atoms with Gasteiger partial charge in [0.15, 0.2) is 0 Å². The number of nitrogens with one attached hydrogen (secondary N) is 1. The van der Waals surface area contributed by atoms with Gasteiger partial charge in [-0.05, 0) is 45.1 Å². The topological polar surface area (TPSA) is 69.7 Å². The second-order valence-electron chi connectivity index (χ2n) is 8.47. The minimum Gasteiger partial charge on any atom is -0.354 e. The number of carbonyl (C=O) groups excluding carboxylic acids is 3. The normalized spacial score (nSPS) is 31.0. The van der Waals surface area contributed by atoms with E-state index in [1.165, 1.54) is 17.7 Å². The van der Waals surface area contributed by atoms with E-state index >= 15 is 0 Å². The van der Waals surface area contributed by atoms with Gasteiger partial charge in [-0.1, -0.05) is 19.8 Å². The first kappa shape index (κ1) is 19.3. The molecule has 0 aromatic carbocycles. The highest BCUT2D eigenvalue weighted by Gasteiger charge is 2.47. The van der Waals surface area contributed by atoms with Gasteiger partial charge in [-0.2, -0.15) is 0 Å². The van der Waals surface area contributed by atoms with Crippen LogP contribution >= 0.6 is 0 Å². The third kappa shape index (κ3) is 4.27. The Morgan fingerprint density at radius 1 is 1.12 bits per heavy atom. The lowest BCUT2D eigenvalue weighted by Crippen LogP contribution is -2.46. The molecule has 146 valence electrons. The molecule has 4 atom stereocenters. The lowest BCUT2D eigenvalue weighted by Gasteiger charge is -2.35. The summed E-state index contributed by atoms with van der Waals surface area (Å²) in [5.74, 6) is 0.294. The molecule has 2 heterocycles. The monoisotopic (exact) mass is 363 g/mol. The van der Waals surface area contributed by atoms with Gasteiger partial charge in [-0.15, -0.1) is 0 Å². The Balaban J connectivity index is 1.41. The standard InChI is InChI=1S/C20H33N3O3/c1-14-6-5-10-22(13-14)15(2)12-21-18(24)9-11-23-19(25)16-7-3-4-8-17(16)20(23)26/h14-17H,3-13H2,1-2H3,(H,21,24). The maximum absolute atomic E-state index is 12.4. The summed E-state index contributed by atoms with van der Waals surface area (Å²) in [5, 5.41) is 2.98. The van der Waals surface area contributed by atoms with Gasteiger partial charge in [0.2, 0.25) is 17.7 Å². The molecule has 0 aromatic rings. The van der Waals surface area contributed by atoms with Crippen LogP contribution < -0.4 is 5.32 Å². The first-order chi connectivity index (χ1) is 12.5. The number of amides is 3. The van der Waals surface area contributed by atoms with Gasteiger partial charge in [0, 0.05) is 32.1 Å². The van der Waals surface area contributed by atoms with E-state index in [1.807, 2.05) is 0 Å². The lowest BCUT2D eigenvalue weighted by atomic mass is 9.81. The van der Waals surface area contributed by atoms with E-state index in [0.717, 1.165) is 44.7 Å². The molecule has 0 aromatic heterocycles. The smallest absolute Gasteiger partial charge is 0.233 e. The van der Waals surface area contributed by atoms with Crippen LogP contribution in [0.25, 0.3) is 0 Å². The molecule has 6 heteroatoms. The van der Waals surface area contributed by atoms with Crippen molar-refractivity contribution in [3.05, 3.63) is 0 Å². The first-order valence-corrected chi connectivity index (χ1v) is 10.3. The molecule has 3 rings (SSSR count). The zero-order valence-corrected chi connectivity index (χ0v) is 16.2. The van der Waals surface area contributed by atoms with E-state index in [1.54, 1.807) is 0 Å². The van der Waals surface area contributed by atoms with Crippen molar-refractivity contribution in [2.24, 2.45) is 17.8 Å². The molecule has 1 saturated carbocycles. The number of fused-ring (bicyclic) bond motifs is 1. The van der Waals surface area contributed by atoms with Crippen LogP contribution in [0.4, 0.5) is 0 Å². The number of hydrogen-bond acceptors (Lipinski definition) is 4. The molecule has 1 N–H and O–H groups in total.